The molecule has 0 atom stereocenters. The number of rotatable bonds is 10. The highest BCUT2D eigenvalue weighted by atomic mass is 16.4. The average Bonchev–Trinajstić information content (AvgIpc) is 2.92. The highest BCUT2D eigenvalue weighted by Crippen LogP contribution is 2.09. The van der Waals surface area contributed by atoms with Gasteiger partial charge in [-0.1, -0.05) is 0 Å². The summed E-state index contributed by atoms with van der Waals surface area (Å²) >= 11 is 0. The standard InChI is InChI=1S/C15H22N4O4/c16-10-12(11-17-6-1-5-14(21)22)15(23)18-7-3-9-19-8-2-4-13(19)20/h11,17H,1-9H2,(H,18,23)(H,21,22)/b12-11-. The number of carboxylic acids is 1. The Labute approximate surface area is 135 Å². The first-order chi connectivity index (χ1) is 11.0. The Morgan fingerprint density at radius 2 is 2.13 bits per heavy atom. The molecular weight excluding hydrogens is 300 g/mol. The van der Waals surface area contributed by atoms with Gasteiger partial charge < -0.3 is 20.6 Å². The lowest BCUT2D eigenvalue weighted by Gasteiger charge is -2.15. The van der Waals surface area contributed by atoms with Gasteiger partial charge in [0.05, 0.1) is 0 Å². The summed E-state index contributed by atoms with van der Waals surface area (Å²) < 4.78 is 0. The van der Waals surface area contributed by atoms with E-state index in [4.69, 9.17) is 10.4 Å². The lowest BCUT2D eigenvalue weighted by atomic mass is 10.2. The molecule has 2 amide bonds. The maximum absolute atomic E-state index is 11.8. The predicted molar refractivity (Wildman–Crippen MR) is 82.0 cm³/mol. The van der Waals surface area contributed by atoms with Gasteiger partial charge in [-0.05, 0) is 19.3 Å². The lowest BCUT2D eigenvalue weighted by Crippen LogP contribution is -2.31. The zero-order valence-electron chi connectivity index (χ0n) is 13.0. The first-order valence-corrected chi connectivity index (χ1v) is 7.66. The molecule has 126 valence electrons. The molecule has 1 heterocycles. The monoisotopic (exact) mass is 322 g/mol. The minimum atomic E-state index is -0.884. The van der Waals surface area contributed by atoms with Crippen LogP contribution >= 0.6 is 0 Å². The van der Waals surface area contributed by atoms with Crippen LogP contribution < -0.4 is 10.6 Å². The summed E-state index contributed by atoms with van der Waals surface area (Å²) in [6.45, 7) is 2.15. The van der Waals surface area contributed by atoms with Crippen LogP contribution in [0.5, 0.6) is 0 Å². The molecule has 1 fully saturated rings. The fourth-order valence-electron chi connectivity index (χ4n) is 2.17. The molecule has 0 unspecified atom stereocenters. The Balaban J connectivity index is 2.21. The number of hydrogen-bond donors (Lipinski definition) is 3. The smallest absolute Gasteiger partial charge is 0.303 e. The number of hydrogen-bond acceptors (Lipinski definition) is 5. The normalized spacial score (nSPS) is 14.5. The van der Waals surface area contributed by atoms with Crippen molar-refractivity contribution in [3.05, 3.63) is 11.8 Å². The summed E-state index contributed by atoms with van der Waals surface area (Å²) in [6.07, 6.45) is 3.87. The highest BCUT2D eigenvalue weighted by Gasteiger charge is 2.19. The van der Waals surface area contributed by atoms with Crippen LogP contribution in [0.1, 0.15) is 32.1 Å². The summed E-state index contributed by atoms with van der Waals surface area (Å²) in [5, 5.41) is 22.8. The van der Waals surface area contributed by atoms with Gasteiger partial charge in [0.1, 0.15) is 11.6 Å². The van der Waals surface area contributed by atoms with E-state index in [-0.39, 0.29) is 17.9 Å². The van der Waals surface area contributed by atoms with Crippen LogP contribution in [0.2, 0.25) is 0 Å². The molecule has 8 nitrogen and oxygen atoms in total. The number of amides is 2. The SMILES string of the molecule is N#C/C(=C/NCCCC(=O)O)C(=O)NCCCN1CCCC1=O. The minimum absolute atomic E-state index is 0.0319. The van der Waals surface area contributed by atoms with Crippen LogP contribution in [0.3, 0.4) is 0 Å². The van der Waals surface area contributed by atoms with Gasteiger partial charge in [0.2, 0.25) is 5.91 Å². The third kappa shape index (κ3) is 7.31. The van der Waals surface area contributed by atoms with Gasteiger partial charge in [-0.3, -0.25) is 14.4 Å². The third-order valence-corrected chi connectivity index (χ3v) is 3.38. The van der Waals surface area contributed by atoms with Crippen LogP contribution in [0.4, 0.5) is 0 Å². The maximum atomic E-state index is 11.8. The second-order valence-corrected chi connectivity index (χ2v) is 5.22. The number of nitriles is 1. The van der Waals surface area contributed by atoms with Crippen molar-refractivity contribution in [2.75, 3.05) is 26.2 Å². The van der Waals surface area contributed by atoms with Crippen LogP contribution in [0, 0.1) is 11.3 Å². The molecule has 1 saturated heterocycles. The van der Waals surface area contributed by atoms with Crippen LogP contribution in [0.25, 0.3) is 0 Å². The molecule has 0 radical (unpaired) electrons. The number of nitrogens with one attached hydrogen (secondary N) is 2. The van der Waals surface area contributed by atoms with Crippen molar-refractivity contribution in [1.82, 2.24) is 15.5 Å². The molecule has 0 bridgehead atoms. The molecule has 1 aliphatic heterocycles. The number of likely N-dealkylation sites (tertiary alicyclic amines) is 1. The average molecular weight is 322 g/mol. The van der Waals surface area contributed by atoms with Gasteiger partial charge in [-0.25, -0.2) is 0 Å². The molecule has 0 aromatic rings. The van der Waals surface area contributed by atoms with E-state index in [1.807, 2.05) is 0 Å². The number of aliphatic carboxylic acids is 1. The molecule has 0 aliphatic carbocycles. The van der Waals surface area contributed by atoms with E-state index in [2.05, 4.69) is 10.6 Å². The molecule has 0 aromatic heterocycles. The fraction of sp³-hybridized carbons (Fsp3) is 0.600. The van der Waals surface area contributed by atoms with Crippen LogP contribution in [0.15, 0.2) is 11.8 Å². The van der Waals surface area contributed by atoms with Crippen molar-refractivity contribution in [2.45, 2.75) is 32.1 Å². The molecule has 1 rings (SSSR count). The van der Waals surface area contributed by atoms with Crippen molar-refractivity contribution in [2.24, 2.45) is 0 Å². The predicted octanol–water partition coefficient (Wildman–Crippen LogP) is -0.0230. The molecule has 3 N–H and O–H groups in total. The minimum Gasteiger partial charge on any atom is -0.481 e. The first kappa shape index (κ1) is 18.5. The summed E-state index contributed by atoms with van der Waals surface area (Å²) in [4.78, 5) is 35.3. The number of carbonyl (C=O) groups excluding carboxylic acids is 2. The molecule has 0 spiro atoms. The van der Waals surface area contributed by atoms with Crippen LogP contribution in [-0.2, 0) is 14.4 Å². The Morgan fingerprint density at radius 1 is 1.35 bits per heavy atom. The quantitative estimate of drug-likeness (QED) is 0.295. The Morgan fingerprint density at radius 3 is 2.74 bits per heavy atom. The zero-order chi connectivity index (χ0) is 17.1. The Bertz CT molecular complexity index is 510. The molecule has 0 aromatic carbocycles. The molecule has 1 aliphatic rings. The van der Waals surface area contributed by atoms with E-state index in [1.54, 1.807) is 11.0 Å². The van der Waals surface area contributed by atoms with E-state index in [0.29, 0.717) is 38.9 Å². The maximum Gasteiger partial charge on any atom is 0.303 e. The van der Waals surface area contributed by atoms with Crippen molar-refractivity contribution in [3.63, 3.8) is 0 Å². The van der Waals surface area contributed by atoms with Gasteiger partial charge in [0, 0.05) is 45.2 Å². The van der Waals surface area contributed by atoms with Gasteiger partial charge in [-0.15, -0.1) is 0 Å². The van der Waals surface area contributed by atoms with E-state index in [1.165, 1.54) is 6.20 Å². The lowest BCUT2D eigenvalue weighted by molar-refractivity contribution is -0.137. The summed E-state index contributed by atoms with van der Waals surface area (Å²) in [6, 6.07) is 1.80. The number of carboxylic acid groups (broad SMARTS) is 1. The van der Waals surface area contributed by atoms with Gasteiger partial charge in [0.15, 0.2) is 0 Å². The second-order valence-electron chi connectivity index (χ2n) is 5.22. The highest BCUT2D eigenvalue weighted by molar-refractivity contribution is 5.97. The fourth-order valence-corrected chi connectivity index (χ4v) is 2.17. The van der Waals surface area contributed by atoms with Crippen LogP contribution in [-0.4, -0.2) is 54.0 Å². The largest absolute Gasteiger partial charge is 0.481 e. The number of carbonyl (C=O) groups is 3. The first-order valence-electron chi connectivity index (χ1n) is 7.66. The van der Waals surface area contributed by atoms with E-state index >= 15 is 0 Å². The molecule has 0 saturated carbocycles. The van der Waals surface area contributed by atoms with Crippen molar-refractivity contribution in [3.8, 4) is 6.07 Å². The molecular formula is C15H22N4O4. The van der Waals surface area contributed by atoms with Crippen molar-refractivity contribution < 1.29 is 19.5 Å². The Hall–Kier alpha value is -2.56. The van der Waals surface area contributed by atoms with Crippen molar-refractivity contribution >= 4 is 17.8 Å². The van der Waals surface area contributed by atoms with Crippen molar-refractivity contribution in [1.29, 1.82) is 5.26 Å². The molecule has 23 heavy (non-hydrogen) atoms. The summed E-state index contributed by atoms with van der Waals surface area (Å²) in [7, 11) is 0. The zero-order valence-corrected chi connectivity index (χ0v) is 13.0. The van der Waals surface area contributed by atoms with Gasteiger partial charge in [-0.2, -0.15) is 5.26 Å². The summed E-state index contributed by atoms with van der Waals surface area (Å²) in [5.74, 6) is -1.21. The third-order valence-electron chi connectivity index (χ3n) is 3.38. The van der Waals surface area contributed by atoms with Gasteiger partial charge >= 0.3 is 5.97 Å². The Kier molecular flexibility index (Phi) is 8.21. The molecule has 8 heteroatoms. The topological polar surface area (TPSA) is 123 Å². The van der Waals surface area contributed by atoms with E-state index in [9.17, 15) is 14.4 Å². The van der Waals surface area contributed by atoms with Gasteiger partial charge in [0.25, 0.3) is 5.91 Å². The summed E-state index contributed by atoms with van der Waals surface area (Å²) in [5.41, 5.74) is -0.0578. The number of nitrogens with zero attached hydrogens (tertiary/aromatic N) is 2. The van der Waals surface area contributed by atoms with E-state index in [0.717, 1.165) is 13.0 Å². The van der Waals surface area contributed by atoms with E-state index < -0.39 is 11.9 Å². The second kappa shape index (κ2) is 10.2.